The van der Waals surface area contributed by atoms with E-state index in [0.29, 0.717) is 28.7 Å². The number of hydrogen-bond donors (Lipinski definition) is 0. The van der Waals surface area contributed by atoms with Gasteiger partial charge in [0.1, 0.15) is 0 Å². The summed E-state index contributed by atoms with van der Waals surface area (Å²) in [5, 5.41) is 2.85. The van der Waals surface area contributed by atoms with Crippen molar-refractivity contribution in [1.29, 1.82) is 0 Å². The maximum atomic E-state index is 13.3. The van der Waals surface area contributed by atoms with Crippen LogP contribution in [-0.4, -0.2) is 30.0 Å². The molecule has 5 aromatic rings. The molecule has 1 aliphatic heterocycles. The molecular weight excluding hydrogens is 448 g/mol. The van der Waals surface area contributed by atoms with E-state index >= 15 is 0 Å². The Bertz CT molecular complexity index is 1620. The van der Waals surface area contributed by atoms with Gasteiger partial charge in [0.25, 0.3) is 5.91 Å². The molecule has 0 radical (unpaired) electrons. The molecule has 0 saturated carbocycles. The molecule has 6 rings (SSSR count). The number of rotatable bonds is 4. The Labute approximate surface area is 209 Å². The van der Waals surface area contributed by atoms with Gasteiger partial charge in [-0.1, -0.05) is 78.9 Å². The molecule has 5 heteroatoms. The van der Waals surface area contributed by atoms with Gasteiger partial charge in [-0.05, 0) is 47.4 Å². The molecule has 1 aliphatic rings. The largest absolute Gasteiger partial charge is 0.452 e. The number of ether oxygens (including phenoxy) is 1. The number of aromatic nitrogens is 1. The van der Waals surface area contributed by atoms with Crippen molar-refractivity contribution in [3.05, 3.63) is 108 Å². The number of aryl methyl sites for hydroxylation is 1. The maximum absolute atomic E-state index is 13.3. The van der Waals surface area contributed by atoms with Crippen LogP contribution in [0.25, 0.3) is 32.9 Å². The minimum absolute atomic E-state index is 0.219. The van der Waals surface area contributed by atoms with Crippen molar-refractivity contribution >= 4 is 39.2 Å². The molecule has 5 nitrogen and oxygen atoms in total. The summed E-state index contributed by atoms with van der Waals surface area (Å²) in [6.07, 6.45) is 1.83. The van der Waals surface area contributed by atoms with Gasteiger partial charge in [-0.15, -0.1) is 0 Å². The molecule has 2 heterocycles. The Morgan fingerprint density at radius 3 is 2.50 bits per heavy atom. The monoisotopic (exact) mass is 472 g/mol. The summed E-state index contributed by atoms with van der Waals surface area (Å²) in [7, 11) is 0. The van der Waals surface area contributed by atoms with Crippen LogP contribution in [0.1, 0.15) is 22.3 Å². The normalized spacial score (nSPS) is 12.9. The van der Waals surface area contributed by atoms with Crippen molar-refractivity contribution in [3.8, 4) is 11.3 Å². The van der Waals surface area contributed by atoms with Crippen LogP contribution in [0.5, 0.6) is 0 Å². The lowest BCUT2D eigenvalue weighted by molar-refractivity contribution is -0.121. The van der Waals surface area contributed by atoms with Crippen LogP contribution in [0.4, 0.5) is 5.69 Å². The van der Waals surface area contributed by atoms with Gasteiger partial charge in [0, 0.05) is 23.2 Å². The van der Waals surface area contributed by atoms with E-state index in [-0.39, 0.29) is 12.5 Å². The minimum Gasteiger partial charge on any atom is -0.452 e. The number of carbonyl (C=O) groups is 2. The van der Waals surface area contributed by atoms with Gasteiger partial charge in [-0.3, -0.25) is 4.79 Å². The van der Waals surface area contributed by atoms with Gasteiger partial charge in [0.2, 0.25) is 0 Å². The van der Waals surface area contributed by atoms with E-state index in [1.54, 1.807) is 11.0 Å². The van der Waals surface area contributed by atoms with Crippen LogP contribution in [0.15, 0.2) is 97.1 Å². The van der Waals surface area contributed by atoms with Crippen molar-refractivity contribution in [3.63, 3.8) is 0 Å². The number of carbonyl (C=O) groups excluding carboxylic acids is 2. The van der Waals surface area contributed by atoms with Crippen molar-refractivity contribution < 1.29 is 14.3 Å². The lowest BCUT2D eigenvalue weighted by atomic mass is 9.99. The van der Waals surface area contributed by atoms with E-state index in [4.69, 9.17) is 9.72 Å². The number of pyridine rings is 1. The molecule has 36 heavy (non-hydrogen) atoms. The predicted molar refractivity (Wildman–Crippen MR) is 142 cm³/mol. The number of benzene rings is 4. The molecule has 0 bridgehead atoms. The average molecular weight is 473 g/mol. The summed E-state index contributed by atoms with van der Waals surface area (Å²) in [4.78, 5) is 32.9. The van der Waals surface area contributed by atoms with Gasteiger partial charge in [-0.2, -0.15) is 0 Å². The van der Waals surface area contributed by atoms with Gasteiger partial charge in [0.15, 0.2) is 6.61 Å². The molecular formula is C31H24N2O3. The van der Waals surface area contributed by atoms with E-state index in [1.165, 1.54) is 0 Å². The number of para-hydroxylation sites is 2. The van der Waals surface area contributed by atoms with E-state index < -0.39 is 5.97 Å². The Morgan fingerprint density at radius 2 is 1.58 bits per heavy atom. The zero-order valence-electron chi connectivity index (χ0n) is 19.7. The highest BCUT2D eigenvalue weighted by atomic mass is 16.5. The second-order valence-electron chi connectivity index (χ2n) is 8.95. The molecule has 1 amide bonds. The first-order valence-electron chi connectivity index (χ1n) is 12.1. The highest BCUT2D eigenvalue weighted by Gasteiger charge is 2.24. The number of fused-ring (bicyclic) bond motifs is 3. The van der Waals surface area contributed by atoms with Crippen LogP contribution in [0, 0.1) is 0 Å². The summed E-state index contributed by atoms with van der Waals surface area (Å²) in [6.45, 7) is 0.310. The average Bonchev–Trinajstić information content (AvgIpc) is 2.94. The fraction of sp³-hybridized carbons (Fsp3) is 0.129. The van der Waals surface area contributed by atoms with Crippen LogP contribution < -0.4 is 4.90 Å². The van der Waals surface area contributed by atoms with Gasteiger partial charge >= 0.3 is 5.97 Å². The Morgan fingerprint density at radius 1 is 0.833 bits per heavy atom. The molecule has 1 aromatic heterocycles. The smallest absolute Gasteiger partial charge is 0.339 e. The predicted octanol–water partition coefficient (Wildman–Crippen LogP) is 6.19. The van der Waals surface area contributed by atoms with Crippen LogP contribution in [-0.2, 0) is 16.0 Å². The highest BCUT2D eigenvalue weighted by molar-refractivity contribution is 6.07. The standard InChI is InChI=1S/C31H24N2O3/c34-30(33-18-8-12-22-10-2-6-17-29(22)33)20-36-31(35)26-19-28(32-27-16-5-4-14-25(26)27)24-15-7-11-21-9-1-3-13-23(21)24/h1-7,9-11,13-17,19H,8,12,18,20H2. The number of hydrogen-bond acceptors (Lipinski definition) is 4. The van der Waals surface area contributed by atoms with Gasteiger partial charge in [0.05, 0.1) is 16.8 Å². The fourth-order valence-electron chi connectivity index (χ4n) is 5.01. The molecule has 0 unspecified atom stereocenters. The zero-order chi connectivity index (χ0) is 24.5. The summed E-state index contributed by atoms with van der Waals surface area (Å²) in [6, 6.07) is 31.3. The zero-order valence-corrected chi connectivity index (χ0v) is 19.7. The summed E-state index contributed by atoms with van der Waals surface area (Å²) in [5.41, 5.74) is 4.77. The van der Waals surface area contributed by atoms with Crippen molar-refractivity contribution in [2.75, 3.05) is 18.1 Å². The second kappa shape index (κ2) is 9.27. The lowest BCUT2D eigenvalue weighted by Crippen LogP contribution is -2.38. The highest BCUT2D eigenvalue weighted by Crippen LogP contribution is 2.31. The Hall–Kier alpha value is -4.51. The van der Waals surface area contributed by atoms with Crippen LogP contribution in [0.3, 0.4) is 0 Å². The van der Waals surface area contributed by atoms with Crippen molar-refractivity contribution in [1.82, 2.24) is 4.98 Å². The van der Waals surface area contributed by atoms with E-state index in [2.05, 4.69) is 18.2 Å². The quantitative estimate of drug-likeness (QED) is 0.293. The molecule has 4 aromatic carbocycles. The third-order valence-electron chi connectivity index (χ3n) is 6.74. The van der Waals surface area contributed by atoms with Gasteiger partial charge < -0.3 is 9.64 Å². The number of amides is 1. The summed E-state index contributed by atoms with van der Waals surface area (Å²) in [5.74, 6) is -0.753. The molecule has 0 saturated heterocycles. The van der Waals surface area contributed by atoms with Crippen molar-refractivity contribution in [2.45, 2.75) is 12.8 Å². The third kappa shape index (κ3) is 3.99. The summed E-state index contributed by atoms with van der Waals surface area (Å²) >= 11 is 0. The molecule has 0 fully saturated rings. The van der Waals surface area contributed by atoms with E-state index in [9.17, 15) is 9.59 Å². The number of anilines is 1. The summed E-state index contributed by atoms with van der Waals surface area (Å²) < 4.78 is 5.59. The first-order valence-corrected chi connectivity index (χ1v) is 12.1. The number of esters is 1. The molecule has 176 valence electrons. The SMILES string of the molecule is O=C(OCC(=O)N1CCCc2ccccc21)c1cc(-c2cccc3ccccc23)nc2ccccc12. The molecule has 0 N–H and O–H groups in total. The van der Waals surface area contributed by atoms with Crippen LogP contribution in [0.2, 0.25) is 0 Å². The maximum Gasteiger partial charge on any atom is 0.339 e. The number of nitrogens with zero attached hydrogens (tertiary/aromatic N) is 2. The van der Waals surface area contributed by atoms with E-state index in [0.717, 1.165) is 40.4 Å². The molecule has 0 spiro atoms. The lowest BCUT2D eigenvalue weighted by Gasteiger charge is -2.29. The first-order chi connectivity index (χ1) is 17.7. The first kappa shape index (κ1) is 22.0. The van der Waals surface area contributed by atoms with Gasteiger partial charge in [-0.25, -0.2) is 9.78 Å². The third-order valence-corrected chi connectivity index (χ3v) is 6.74. The fourth-order valence-corrected chi connectivity index (χ4v) is 5.01. The second-order valence-corrected chi connectivity index (χ2v) is 8.95. The van der Waals surface area contributed by atoms with Crippen molar-refractivity contribution in [2.24, 2.45) is 0 Å². The topological polar surface area (TPSA) is 59.5 Å². The molecule has 0 atom stereocenters. The van der Waals surface area contributed by atoms with E-state index in [1.807, 2.05) is 72.8 Å². The molecule has 0 aliphatic carbocycles. The van der Waals surface area contributed by atoms with Crippen LogP contribution >= 0.6 is 0 Å². The Balaban J connectivity index is 1.32. The Kier molecular flexibility index (Phi) is 5.66. The minimum atomic E-state index is -0.534.